The van der Waals surface area contributed by atoms with Gasteiger partial charge in [0.25, 0.3) is 5.91 Å². The zero-order chi connectivity index (χ0) is 19.5. The number of ether oxygens (including phenoxy) is 1. The first-order valence-electron chi connectivity index (χ1n) is 8.72. The normalized spacial score (nSPS) is 15.6. The molecule has 0 radical (unpaired) electrons. The van der Waals surface area contributed by atoms with Crippen LogP contribution < -0.4 is 0 Å². The van der Waals surface area contributed by atoms with Crippen molar-refractivity contribution in [1.29, 1.82) is 0 Å². The van der Waals surface area contributed by atoms with Gasteiger partial charge < -0.3 is 9.64 Å². The fourth-order valence-corrected chi connectivity index (χ4v) is 5.96. The summed E-state index contributed by atoms with van der Waals surface area (Å²) in [6.07, 6.45) is 1.63. The molecule has 1 saturated heterocycles. The highest BCUT2D eigenvalue weighted by Crippen LogP contribution is 2.28. The average molecular weight is 403 g/mol. The van der Waals surface area contributed by atoms with Gasteiger partial charge in [-0.15, -0.1) is 11.3 Å². The van der Waals surface area contributed by atoms with Gasteiger partial charge >= 0.3 is 5.97 Å². The molecule has 1 aliphatic rings. The number of hydrogen-bond acceptors (Lipinski definition) is 6. The number of carbonyl (C=O) groups excluding carboxylic acids is 2. The van der Waals surface area contributed by atoms with Gasteiger partial charge in [-0.2, -0.15) is 4.31 Å². The summed E-state index contributed by atoms with van der Waals surface area (Å²) in [5.74, 6) is -1.08. The molecule has 0 atom stereocenters. The van der Waals surface area contributed by atoms with Crippen LogP contribution in [0.2, 0.25) is 0 Å². The largest absolute Gasteiger partial charge is 0.451 e. The minimum Gasteiger partial charge on any atom is -0.451 e. The predicted octanol–water partition coefficient (Wildman–Crippen LogP) is 2.33. The summed E-state index contributed by atoms with van der Waals surface area (Å²) in [6.45, 7) is 8.07. The van der Waals surface area contributed by atoms with Gasteiger partial charge in [0.15, 0.2) is 6.61 Å². The van der Waals surface area contributed by atoms with Crippen molar-refractivity contribution < 1.29 is 22.7 Å². The Morgan fingerprint density at radius 2 is 1.77 bits per heavy atom. The van der Waals surface area contributed by atoms with Gasteiger partial charge in [-0.1, -0.05) is 0 Å². The van der Waals surface area contributed by atoms with Gasteiger partial charge in [0.1, 0.15) is 9.77 Å². The molecule has 2 heterocycles. The van der Waals surface area contributed by atoms with E-state index in [4.69, 9.17) is 4.74 Å². The molecule has 7 nitrogen and oxygen atoms in total. The first kappa shape index (κ1) is 20.9. The maximum Gasteiger partial charge on any atom is 0.350 e. The second-order valence-corrected chi connectivity index (χ2v) is 9.61. The fraction of sp³-hybridized carbons (Fsp3) is 0.647. The maximum atomic E-state index is 12.7. The highest BCUT2D eigenvalue weighted by molar-refractivity contribution is 7.89. The zero-order valence-corrected chi connectivity index (χ0v) is 17.2. The van der Waals surface area contributed by atoms with Gasteiger partial charge in [0.2, 0.25) is 10.0 Å². The SMILES string of the molecule is CC(C)N(C(=O)COC(=O)c1sccc1S(=O)(=O)N1CCCC1)C(C)C. The van der Waals surface area contributed by atoms with E-state index < -0.39 is 22.6 Å². The van der Waals surface area contributed by atoms with Crippen LogP contribution in [0.15, 0.2) is 16.3 Å². The van der Waals surface area contributed by atoms with E-state index in [9.17, 15) is 18.0 Å². The highest BCUT2D eigenvalue weighted by Gasteiger charge is 2.32. The van der Waals surface area contributed by atoms with Crippen LogP contribution in [0.25, 0.3) is 0 Å². The number of hydrogen-bond donors (Lipinski definition) is 0. The molecule has 1 amide bonds. The monoisotopic (exact) mass is 402 g/mol. The fourth-order valence-electron chi connectivity index (χ4n) is 3.16. The second-order valence-electron chi connectivity index (χ2n) is 6.79. The van der Waals surface area contributed by atoms with E-state index in [0.717, 1.165) is 24.2 Å². The maximum absolute atomic E-state index is 12.7. The van der Waals surface area contributed by atoms with Crippen molar-refractivity contribution in [3.8, 4) is 0 Å². The van der Waals surface area contributed by atoms with E-state index >= 15 is 0 Å². The van der Waals surface area contributed by atoms with Crippen molar-refractivity contribution in [2.45, 2.75) is 57.5 Å². The second kappa shape index (κ2) is 8.49. The molecule has 1 fully saturated rings. The Balaban J connectivity index is 2.10. The van der Waals surface area contributed by atoms with Gasteiger partial charge in [-0.05, 0) is 52.0 Å². The Morgan fingerprint density at radius 3 is 2.31 bits per heavy atom. The van der Waals surface area contributed by atoms with Crippen molar-refractivity contribution in [3.63, 3.8) is 0 Å². The van der Waals surface area contributed by atoms with E-state index in [1.807, 2.05) is 27.7 Å². The first-order chi connectivity index (χ1) is 12.2. The van der Waals surface area contributed by atoms with E-state index in [-0.39, 0.29) is 27.8 Å². The summed E-state index contributed by atoms with van der Waals surface area (Å²) in [4.78, 5) is 26.3. The molecule has 146 valence electrons. The molecule has 1 aliphatic heterocycles. The summed E-state index contributed by atoms with van der Waals surface area (Å²) in [7, 11) is -3.71. The Morgan fingerprint density at radius 1 is 1.19 bits per heavy atom. The zero-order valence-electron chi connectivity index (χ0n) is 15.6. The third-order valence-corrected chi connectivity index (χ3v) is 7.19. The molecule has 0 saturated carbocycles. The van der Waals surface area contributed by atoms with Gasteiger partial charge in [-0.3, -0.25) is 4.79 Å². The Hall–Kier alpha value is -1.45. The molecule has 0 spiro atoms. The number of esters is 1. The van der Waals surface area contributed by atoms with Gasteiger partial charge in [-0.25, -0.2) is 13.2 Å². The van der Waals surface area contributed by atoms with Crippen LogP contribution in [0.4, 0.5) is 0 Å². The number of thiophene rings is 1. The van der Waals surface area contributed by atoms with Crippen LogP contribution >= 0.6 is 11.3 Å². The minimum atomic E-state index is -3.71. The first-order valence-corrected chi connectivity index (χ1v) is 11.0. The third kappa shape index (κ3) is 4.44. The Kier molecular flexibility index (Phi) is 6.81. The van der Waals surface area contributed by atoms with Crippen molar-refractivity contribution in [3.05, 3.63) is 16.3 Å². The van der Waals surface area contributed by atoms with Crippen LogP contribution in [0.3, 0.4) is 0 Å². The number of amides is 1. The summed E-state index contributed by atoms with van der Waals surface area (Å²) in [6, 6.07) is 1.38. The third-order valence-electron chi connectivity index (χ3n) is 4.22. The molecule has 0 N–H and O–H groups in total. The highest BCUT2D eigenvalue weighted by atomic mass is 32.2. The van der Waals surface area contributed by atoms with E-state index in [0.29, 0.717) is 13.1 Å². The lowest BCUT2D eigenvalue weighted by Crippen LogP contribution is -2.44. The summed E-state index contributed by atoms with van der Waals surface area (Å²) < 4.78 is 31.9. The number of sulfonamides is 1. The minimum absolute atomic E-state index is 0.0188. The summed E-state index contributed by atoms with van der Waals surface area (Å²) >= 11 is 1.01. The topological polar surface area (TPSA) is 84.0 Å². The Labute approximate surface area is 159 Å². The quantitative estimate of drug-likeness (QED) is 0.654. The van der Waals surface area contributed by atoms with Crippen molar-refractivity contribution in [2.24, 2.45) is 0 Å². The lowest BCUT2D eigenvalue weighted by atomic mass is 10.2. The molecule has 0 aromatic carbocycles. The molecule has 2 rings (SSSR count). The molecular weight excluding hydrogens is 376 g/mol. The molecule has 1 aromatic rings. The Bertz CT molecular complexity index is 741. The molecule has 0 bridgehead atoms. The van der Waals surface area contributed by atoms with Crippen molar-refractivity contribution in [2.75, 3.05) is 19.7 Å². The van der Waals surface area contributed by atoms with Crippen molar-refractivity contribution in [1.82, 2.24) is 9.21 Å². The average Bonchev–Trinajstić information content (AvgIpc) is 3.23. The van der Waals surface area contributed by atoms with Crippen LogP contribution in [-0.2, 0) is 19.6 Å². The van der Waals surface area contributed by atoms with Crippen LogP contribution in [0.5, 0.6) is 0 Å². The molecule has 0 aliphatic carbocycles. The standard InChI is InChI=1S/C17H26N2O5S2/c1-12(2)19(13(3)4)15(20)11-24-17(21)16-14(7-10-25-16)26(22,23)18-8-5-6-9-18/h7,10,12-13H,5-6,8-9,11H2,1-4H3. The molecular formula is C17H26N2O5S2. The number of rotatable bonds is 7. The van der Waals surface area contributed by atoms with Crippen LogP contribution in [0, 0.1) is 0 Å². The molecule has 0 unspecified atom stereocenters. The summed E-state index contributed by atoms with van der Waals surface area (Å²) in [5.41, 5.74) is 0. The lowest BCUT2D eigenvalue weighted by molar-refractivity contribution is -0.138. The lowest BCUT2D eigenvalue weighted by Gasteiger charge is -2.30. The van der Waals surface area contributed by atoms with Gasteiger partial charge in [0.05, 0.1) is 0 Å². The predicted molar refractivity (Wildman–Crippen MR) is 99.7 cm³/mol. The van der Waals surface area contributed by atoms with Crippen molar-refractivity contribution >= 4 is 33.2 Å². The number of nitrogens with zero attached hydrogens (tertiary/aromatic N) is 2. The van der Waals surface area contributed by atoms with E-state index in [1.54, 1.807) is 10.3 Å². The molecule has 26 heavy (non-hydrogen) atoms. The molecule has 1 aromatic heterocycles. The number of carbonyl (C=O) groups is 2. The van der Waals surface area contributed by atoms with Crippen LogP contribution in [0.1, 0.15) is 50.2 Å². The smallest absolute Gasteiger partial charge is 0.350 e. The van der Waals surface area contributed by atoms with E-state index in [2.05, 4.69) is 0 Å². The van der Waals surface area contributed by atoms with Crippen LogP contribution in [-0.4, -0.2) is 61.3 Å². The van der Waals surface area contributed by atoms with E-state index in [1.165, 1.54) is 10.4 Å². The molecule has 9 heteroatoms. The summed E-state index contributed by atoms with van der Waals surface area (Å²) in [5, 5.41) is 1.55. The van der Waals surface area contributed by atoms with Gasteiger partial charge in [0, 0.05) is 25.2 Å².